The number of carbonyl (C=O) groups excluding carboxylic acids is 2. The Kier molecular flexibility index (Phi) is 8.74. The van der Waals surface area contributed by atoms with Gasteiger partial charge in [-0.1, -0.05) is 27.7 Å². The third-order valence-electron chi connectivity index (χ3n) is 5.42. The van der Waals surface area contributed by atoms with Crippen molar-refractivity contribution in [3.05, 3.63) is 29.5 Å². The van der Waals surface area contributed by atoms with E-state index in [0.29, 0.717) is 0 Å². The molecular formula is C22H33N3O8S2. The van der Waals surface area contributed by atoms with Gasteiger partial charge in [0.2, 0.25) is 20.0 Å². The lowest BCUT2D eigenvalue weighted by atomic mass is 10.2. The number of cyclic esters (lactones) is 2. The van der Waals surface area contributed by atoms with Crippen molar-refractivity contribution in [3.8, 4) is 0 Å². The Balaban J connectivity index is 2.72. The lowest BCUT2D eigenvalue weighted by molar-refractivity contribution is -0.222. The van der Waals surface area contributed by atoms with Crippen LogP contribution in [0.4, 0.5) is 5.69 Å². The van der Waals surface area contributed by atoms with Crippen LogP contribution in [0, 0.1) is 6.92 Å². The molecule has 0 saturated carbocycles. The second-order valence-corrected chi connectivity index (χ2v) is 12.0. The largest absolute Gasteiger partial charge is 0.419 e. The Morgan fingerprint density at radius 1 is 0.857 bits per heavy atom. The number of anilines is 1. The molecule has 1 aromatic carbocycles. The molecule has 1 saturated heterocycles. The van der Waals surface area contributed by atoms with E-state index in [4.69, 9.17) is 9.47 Å². The monoisotopic (exact) mass is 531 g/mol. The van der Waals surface area contributed by atoms with Crippen molar-refractivity contribution in [2.75, 3.05) is 31.5 Å². The zero-order chi connectivity index (χ0) is 26.8. The van der Waals surface area contributed by atoms with E-state index in [9.17, 15) is 26.4 Å². The zero-order valence-electron chi connectivity index (χ0n) is 21.0. The van der Waals surface area contributed by atoms with Gasteiger partial charge in [-0.05, 0) is 24.6 Å². The van der Waals surface area contributed by atoms with E-state index >= 15 is 0 Å². The van der Waals surface area contributed by atoms with E-state index in [2.05, 4.69) is 5.32 Å². The van der Waals surface area contributed by atoms with Gasteiger partial charge >= 0.3 is 11.9 Å². The highest BCUT2D eigenvalue weighted by Gasteiger charge is 2.39. The van der Waals surface area contributed by atoms with Crippen LogP contribution < -0.4 is 5.32 Å². The maximum absolute atomic E-state index is 13.5. The summed E-state index contributed by atoms with van der Waals surface area (Å²) < 4.78 is 65.8. The predicted molar refractivity (Wildman–Crippen MR) is 129 cm³/mol. The molecule has 0 spiro atoms. The van der Waals surface area contributed by atoms with Crippen LogP contribution in [0.1, 0.15) is 47.1 Å². The predicted octanol–water partition coefficient (Wildman–Crippen LogP) is 2.19. The van der Waals surface area contributed by atoms with Crippen LogP contribution >= 0.6 is 0 Å². The van der Waals surface area contributed by atoms with Gasteiger partial charge in [-0.2, -0.15) is 8.61 Å². The van der Waals surface area contributed by atoms with Crippen LogP contribution in [0.15, 0.2) is 33.7 Å². The molecule has 0 aromatic heterocycles. The smallest absolute Gasteiger partial charge is 0.350 e. The van der Waals surface area contributed by atoms with Crippen LogP contribution in [0.2, 0.25) is 0 Å². The van der Waals surface area contributed by atoms with E-state index in [1.807, 2.05) is 0 Å². The van der Waals surface area contributed by atoms with Crippen LogP contribution in [0.5, 0.6) is 0 Å². The molecule has 11 nitrogen and oxygen atoms in total. The van der Waals surface area contributed by atoms with Crippen molar-refractivity contribution in [1.29, 1.82) is 0 Å². The molecule has 0 bridgehead atoms. The molecule has 1 aromatic rings. The van der Waals surface area contributed by atoms with Crippen molar-refractivity contribution in [2.45, 2.75) is 64.0 Å². The normalized spacial score (nSPS) is 16.3. The van der Waals surface area contributed by atoms with Crippen molar-refractivity contribution in [1.82, 2.24) is 8.61 Å². The van der Waals surface area contributed by atoms with E-state index in [1.54, 1.807) is 27.7 Å². The van der Waals surface area contributed by atoms with Crippen molar-refractivity contribution >= 4 is 37.7 Å². The first-order chi connectivity index (χ1) is 16.2. The second kappa shape index (κ2) is 10.6. The molecule has 0 amide bonds. The summed E-state index contributed by atoms with van der Waals surface area (Å²) in [5.74, 6) is -3.31. The Bertz CT molecular complexity index is 1210. The summed E-state index contributed by atoms with van der Waals surface area (Å²) in [7, 11) is -8.12. The zero-order valence-corrected chi connectivity index (χ0v) is 22.7. The number of esters is 2. The summed E-state index contributed by atoms with van der Waals surface area (Å²) >= 11 is 0. The van der Waals surface area contributed by atoms with E-state index in [0.717, 1.165) is 12.3 Å². The topological polar surface area (TPSA) is 139 Å². The Morgan fingerprint density at radius 3 is 1.77 bits per heavy atom. The maximum atomic E-state index is 13.5. The molecular weight excluding hydrogens is 498 g/mol. The fraction of sp³-hybridized carbons (Fsp3) is 0.545. The Labute approximate surface area is 207 Å². The number of nitrogens with one attached hydrogen (secondary N) is 1. The minimum absolute atomic E-state index is 0.0216. The highest BCUT2D eigenvalue weighted by atomic mass is 32.2. The average Bonchev–Trinajstić information content (AvgIpc) is 2.74. The van der Waals surface area contributed by atoms with Gasteiger partial charge in [0.05, 0.1) is 10.6 Å². The molecule has 35 heavy (non-hydrogen) atoms. The number of sulfonamides is 2. The molecule has 1 heterocycles. The molecule has 2 rings (SSSR count). The summed E-state index contributed by atoms with van der Waals surface area (Å²) in [6.45, 7) is 11.8. The number of ether oxygens (including phenoxy) is 2. The van der Waals surface area contributed by atoms with Gasteiger partial charge < -0.3 is 14.8 Å². The van der Waals surface area contributed by atoms with Gasteiger partial charge in [0.15, 0.2) is 5.57 Å². The minimum atomic E-state index is -4.15. The first-order valence-corrected chi connectivity index (χ1v) is 14.1. The van der Waals surface area contributed by atoms with Gasteiger partial charge in [0.25, 0.3) is 5.79 Å². The summed E-state index contributed by atoms with van der Waals surface area (Å²) in [5.41, 5.74) is -0.165. The summed E-state index contributed by atoms with van der Waals surface area (Å²) in [4.78, 5) is 24.1. The molecule has 13 heteroatoms. The lowest BCUT2D eigenvalue weighted by Gasteiger charge is -2.29. The number of hydrogen-bond acceptors (Lipinski definition) is 9. The minimum Gasteiger partial charge on any atom is -0.419 e. The molecule has 1 N–H and O–H groups in total. The lowest BCUT2D eigenvalue weighted by Crippen LogP contribution is -2.42. The van der Waals surface area contributed by atoms with Gasteiger partial charge in [0.1, 0.15) is 4.90 Å². The summed E-state index contributed by atoms with van der Waals surface area (Å²) in [6, 6.07) is 2.44. The second-order valence-electron chi connectivity index (χ2n) is 8.17. The van der Waals surface area contributed by atoms with Crippen LogP contribution in [0.3, 0.4) is 0 Å². The van der Waals surface area contributed by atoms with E-state index < -0.39 is 43.3 Å². The summed E-state index contributed by atoms with van der Waals surface area (Å²) in [5, 5.41) is 2.71. The Hall–Kier alpha value is -2.48. The SMILES string of the molecule is CCN(CC)S(=O)(=O)c1cc(C)c(NC=C2C(=O)OC(C)(C)OC2=O)c(S(=O)(=O)N(CC)CC)c1. The molecule has 0 radical (unpaired) electrons. The fourth-order valence-corrected chi connectivity index (χ4v) is 6.96. The third kappa shape index (κ3) is 5.85. The molecule has 1 fully saturated rings. The van der Waals surface area contributed by atoms with Crippen molar-refractivity contribution < 1.29 is 35.9 Å². The Morgan fingerprint density at radius 2 is 1.31 bits per heavy atom. The third-order valence-corrected chi connectivity index (χ3v) is 9.52. The average molecular weight is 532 g/mol. The van der Waals surface area contributed by atoms with Gasteiger partial charge in [0, 0.05) is 46.2 Å². The highest BCUT2D eigenvalue weighted by molar-refractivity contribution is 7.90. The van der Waals surface area contributed by atoms with Gasteiger partial charge in [-0.25, -0.2) is 26.4 Å². The first kappa shape index (κ1) is 28.8. The van der Waals surface area contributed by atoms with Crippen LogP contribution in [-0.4, -0.2) is 69.4 Å². The van der Waals surface area contributed by atoms with Crippen molar-refractivity contribution in [2.24, 2.45) is 0 Å². The molecule has 1 aliphatic heterocycles. The maximum Gasteiger partial charge on any atom is 0.350 e. The number of benzene rings is 1. The number of nitrogens with zero attached hydrogens (tertiary/aromatic N) is 2. The highest BCUT2D eigenvalue weighted by Crippen LogP contribution is 2.33. The molecule has 1 aliphatic rings. The number of hydrogen-bond donors (Lipinski definition) is 1. The van der Waals surface area contributed by atoms with Gasteiger partial charge in [-0.3, -0.25) is 0 Å². The van der Waals surface area contributed by atoms with E-state index in [1.165, 1.54) is 35.4 Å². The van der Waals surface area contributed by atoms with Gasteiger partial charge in [-0.15, -0.1) is 0 Å². The first-order valence-electron chi connectivity index (χ1n) is 11.2. The van der Waals surface area contributed by atoms with Crippen LogP contribution in [0.25, 0.3) is 0 Å². The molecule has 196 valence electrons. The van der Waals surface area contributed by atoms with E-state index in [-0.39, 0.29) is 47.2 Å². The summed E-state index contributed by atoms with van der Waals surface area (Å²) in [6.07, 6.45) is 1.00. The molecule has 0 atom stereocenters. The number of rotatable bonds is 10. The quantitative estimate of drug-likeness (QED) is 0.273. The fourth-order valence-electron chi connectivity index (χ4n) is 3.60. The number of aryl methyl sites for hydroxylation is 1. The molecule has 0 aliphatic carbocycles. The van der Waals surface area contributed by atoms with Crippen molar-refractivity contribution in [3.63, 3.8) is 0 Å². The van der Waals surface area contributed by atoms with Crippen LogP contribution in [-0.2, 0) is 39.1 Å². The standard InChI is InChI=1S/C22H33N3O8S2/c1-8-24(9-2)34(28,29)16-12-15(5)19(18(13-16)35(30,31)25(10-3)11-4)23-14-17-20(26)32-22(6,7)33-21(17)27/h12-14,23H,8-11H2,1-7H3. The number of carbonyl (C=O) groups is 2. The molecule has 0 unspecified atom stereocenters.